The minimum Gasteiger partial charge on any atom is -0.347 e. The van der Waals surface area contributed by atoms with Crippen molar-refractivity contribution in [3.05, 3.63) is 27.7 Å². The van der Waals surface area contributed by atoms with Crippen LogP contribution in [0.2, 0.25) is 0 Å². The van der Waals surface area contributed by atoms with Gasteiger partial charge in [0.25, 0.3) is 5.91 Å². The van der Waals surface area contributed by atoms with Gasteiger partial charge in [-0.2, -0.15) is 0 Å². The molecular weight excluding hydrogens is 274 g/mol. The zero-order chi connectivity index (χ0) is 14.1. The molecule has 0 aliphatic carbocycles. The molecule has 106 valence electrons. The third kappa shape index (κ3) is 2.33. The molecule has 3 rings (SSSR count). The maximum absolute atomic E-state index is 12.2. The number of hydrogen-bond donors (Lipinski definition) is 1. The topological polar surface area (TPSA) is 72.7 Å². The number of aryl methyl sites for hydroxylation is 3. The van der Waals surface area contributed by atoms with Gasteiger partial charge in [-0.15, -0.1) is 21.5 Å². The molecule has 0 bridgehead atoms. The maximum atomic E-state index is 12.2. The average molecular weight is 291 g/mol. The Balaban J connectivity index is 1.71. The molecule has 0 unspecified atom stereocenters. The van der Waals surface area contributed by atoms with Crippen LogP contribution >= 0.6 is 11.3 Å². The van der Waals surface area contributed by atoms with E-state index in [1.165, 1.54) is 11.3 Å². The number of carbonyl (C=O) groups excluding carboxylic acids is 1. The number of nitrogens with one attached hydrogen (secondary N) is 1. The van der Waals surface area contributed by atoms with Crippen LogP contribution in [0, 0.1) is 6.92 Å². The molecule has 0 aromatic carbocycles. The van der Waals surface area contributed by atoms with Crippen LogP contribution in [0.3, 0.4) is 0 Å². The van der Waals surface area contributed by atoms with Crippen molar-refractivity contribution in [2.75, 3.05) is 0 Å². The Labute approximate surface area is 121 Å². The number of carbonyl (C=O) groups is 1. The molecule has 0 spiro atoms. The molecule has 7 heteroatoms. The largest absolute Gasteiger partial charge is 0.347 e. The quantitative estimate of drug-likeness (QED) is 0.926. The normalized spacial score (nSPS) is 17.8. The third-order valence-electron chi connectivity index (χ3n) is 3.63. The molecule has 0 radical (unpaired) electrons. The van der Waals surface area contributed by atoms with E-state index in [0.717, 1.165) is 43.1 Å². The number of aromatic nitrogens is 4. The predicted octanol–water partition coefficient (Wildman–Crippen LogP) is 1.35. The van der Waals surface area contributed by atoms with Gasteiger partial charge in [0.05, 0.1) is 11.2 Å². The fourth-order valence-corrected chi connectivity index (χ4v) is 3.24. The predicted molar refractivity (Wildman–Crippen MR) is 75.8 cm³/mol. The van der Waals surface area contributed by atoms with Gasteiger partial charge in [0, 0.05) is 25.4 Å². The molecule has 0 fully saturated rings. The standard InChI is InChI=1S/C13H17N5OS/c1-3-10-16-17-11-5-4-9(6-18(10)11)15-13(19)12-8(2)14-7-20-12/h7,9H,3-6H2,1-2H3,(H,15,19)/t9-/m0/s1. The Morgan fingerprint density at radius 2 is 2.40 bits per heavy atom. The molecule has 0 saturated heterocycles. The van der Waals surface area contributed by atoms with Crippen LogP contribution in [0.5, 0.6) is 0 Å². The van der Waals surface area contributed by atoms with Crippen LogP contribution in [0.1, 0.15) is 40.4 Å². The van der Waals surface area contributed by atoms with Crippen molar-refractivity contribution in [2.45, 2.75) is 45.7 Å². The zero-order valence-corrected chi connectivity index (χ0v) is 12.4. The molecule has 6 nitrogen and oxygen atoms in total. The second kappa shape index (κ2) is 5.32. The molecule has 20 heavy (non-hydrogen) atoms. The molecule has 1 atom stereocenters. The van der Waals surface area contributed by atoms with Gasteiger partial charge in [-0.25, -0.2) is 4.98 Å². The van der Waals surface area contributed by atoms with Gasteiger partial charge in [0.2, 0.25) is 0 Å². The summed E-state index contributed by atoms with van der Waals surface area (Å²) in [6.07, 6.45) is 2.63. The van der Waals surface area contributed by atoms with E-state index in [-0.39, 0.29) is 11.9 Å². The average Bonchev–Trinajstić information content (AvgIpc) is 3.04. The van der Waals surface area contributed by atoms with Crippen molar-refractivity contribution in [1.29, 1.82) is 0 Å². The van der Waals surface area contributed by atoms with E-state index in [1.54, 1.807) is 5.51 Å². The highest BCUT2D eigenvalue weighted by Gasteiger charge is 2.24. The molecular formula is C13H17N5OS. The highest BCUT2D eigenvalue weighted by atomic mass is 32.1. The van der Waals surface area contributed by atoms with E-state index in [4.69, 9.17) is 0 Å². The first-order valence-corrected chi connectivity index (χ1v) is 7.69. The van der Waals surface area contributed by atoms with Crippen molar-refractivity contribution in [2.24, 2.45) is 0 Å². The van der Waals surface area contributed by atoms with Crippen LogP contribution < -0.4 is 5.32 Å². The summed E-state index contributed by atoms with van der Waals surface area (Å²) in [7, 11) is 0. The number of hydrogen-bond acceptors (Lipinski definition) is 5. The van der Waals surface area contributed by atoms with Crippen molar-refractivity contribution < 1.29 is 4.79 Å². The monoisotopic (exact) mass is 291 g/mol. The minimum atomic E-state index is -0.0235. The molecule has 1 N–H and O–H groups in total. The van der Waals surface area contributed by atoms with Crippen LogP contribution in [0.25, 0.3) is 0 Å². The lowest BCUT2D eigenvalue weighted by Crippen LogP contribution is -2.41. The number of thiazole rings is 1. The number of rotatable bonds is 3. The summed E-state index contributed by atoms with van der Waals surface area (Å²) in [5.41, 5.74) is 2.50. The number of amides is 1. The van der Waals surface area contributed by atoms with E-state index in [1.807, 2.05) is 6.92 Å². The lowest BCUT2D eigenvalue weighted by atomic mass is 10.1. The van der Waals surface area contributed by atoms with E-state index < -0.39 is 0 Å². The van der Waals surface area contributed by atoms with E-state index >= 15 is 0 Å². The summed E-state index contributed by atoms with van der Waals surface area (Å²) in [6.45, 7) is 4.69. The van der Waals surface area contributed by atoms with E-state index in [9.17, 15) is 4.79 Å². The van der Waals surface area contributed by atoms with Crippen LogP contribution in [0.15, 0.2) is 5.51 Å². The third-order valence-corrected chi connectivity index (χ3v) is 4.55. The summed E-state index contributed by atoms with van der Waals surface area (Å²) in [6, 6.07) is 0.137. The molecule has 2 aromatic rings. The summed E-state index contributed by atoms with van der Waals surface area (Å²) in [4.78, 5) is 17.0. The summed E-state index contributed by atoms with van der Waals surface area (Å²) in [5, 5.41) is 11.5. The van der Waals surface area contributed by atoms with Crippen LogP contribution in [0.4, 0.5) is 0 Å². The van der Waals surface area contributed by atoms with E-state index in [2.05, 4.69) is 32.0 Å². The van der Waals surface area contributed by atoms with Gasteiger partial charge in [-0.05, 0) is 13.3 Å². The van der Waals surface area contributed by atoms with Gasteiger partial charge in [-0.1, -0.05) is 6.92 Å². The fourth-order valence-electron chi connectivity index (χ4n) is 2.53. The first kappa shape index (κ1) is 13.2. The smallest absolute Gasteiger partial charge is 0.263 e. The Kier molecular flexibility index (Phi) is 3.52. The van der Waals surface area contributed by atoms with Gasteiger partial charge < -0.3 is 9.88 Å². The summed E-state index contributed by atoms with van der Waals surface area (Å²) < 4.78 is 2.13. The Bertz CT molecular complexity index is 619. The number of fused-ring (bicyclic) bond motifs is 1. The first-order valence-electron chi connectivity index (χ1n) is 6.81. The Morgan fingerprint density at radius 3 is 3.10 bits per heavy atom. The second-order valence-electron chi connectivity index (χ2n) is 4.97. The van der Waals surface area contributed by atoms with E-state index in [0.29, 0.717) is 4.88 Å². The second-order valence-corrected chi connectivity index (χ2v) is 5.83. The number of nitrogens with zero attached hydrogens (tertiary/aromatic N) is 4. The SMILES string of the molecule is CCc1nnc2n1C[C@@H](NC(=O)c1scnc1C)CC2. The van der Waals surface area contributed by atoms with Crippen molar-refractivity contribution in [3.63, 3.8) is 0 Å². The highest BCUT2D eigenvalue weighted by Crippen LogP contribution is 2.17. The lowest BCUT2D eigenvalue weighted by Gasteiger charge is -2.25. The zero-order valence-electron chi connectivity index (χ0n) is 11.6. The van der Waals surface area contributed by atoms with Crippen LogP contribution in [-0.4, -0.2) is 31.7 Å². The van der Waals surface area contributed by atoms with Crippen molar-refractivity contribution in [1.82, 2.24) is 25.1 Å². The maximum Gasteiger partial charge on any atom is 0.263 e. The lowest BCUT2D eigenvalue weighted by molar-refractivity contribution is 0.0930. The summed E-state index contributed by atoms with van der Waals surface area (Å²) in [5.74, 6) is 2.00. The molecule has 0 saturated carbocycles. The fraction of sp³-hybridized carbons (Fsp3) is 0.538. The Hall–Kier alpha value is -1.76. The van der Waals surface area contributed by atoms with Crippen LogP contribution in [-0.2, 0) is 19.4 Å². The highest BCUT2D eigenvalue weighted by molar-refractivity contribution is 7.11. The molecule has 2 aromatic heterocycles. The van der Waals surface area contributed by atoms with Gasteiger partial charge in [0.15, 0.2) is 0 Å². The minimum absolute atomic E-state index is 0.0235. The summed E-state index contributed by atoms with van der Waals surface area (Å²) >= 11 is 1.39. The van der Waals surface area contributed by atoms with Gasteiger partial charge in [-0.3, -0.25) is 4.79 Å². The van der Waals surface area contributed by atoms with Crippen molar-refractivity contribution in [3.8, 4) is 0 Å². The molecule has 3 heterocycles. The van der Waals surface area contributed by atoms with Gasteiger partial charge in [0.1, 0.15) is 16.5 Å². The van der Waals surface area contributed by atoms with Gasteiger partial charge >= 0.3 is 0 Å². The molecule has 1 aliphatic heterocycles. The molecule has 1 amide bonds. The van der Waals surface area contributed by atoms with Crippen molar-refractivity contribution >= 4 is 17.2 Å². The first-order chi connectivity index (χ1) is 9.69. The Morgan fingerprint density at radius 1 is 1.55 bits per heavy atom. The molecule has 1 aliphatic rings.